The summed E-state index contributed by atoms with van der Waals surface area (Å²) in [4.78, 5) is 18.7. The van der Waals surface area contributed by atoms with Crippen LogP contribution in [0.3, 0.4) is 0 Å². The standard InChI is InChI=1S/C18H17ClN2O2S/c1-3-21(15-7-5-4-6-12(15)2)17(22)11-24-18-20-14-9-8-13(19)10-16(14)23-18/h4-10H,3,11H2,1-2H3. The Morgan fingerprint density at radius 1 is 1.29 bits per heavy atom. The number of carbonyl (C=O) groups excluding carboxylic acids is 1. The van der Waals surface area contributed by atoms with Crippen LogP contribution in [0.4, 0.5) is 5.69 Å². The molecule has 0 unspecified atom stereocenters. The van der Waals surface area contributed by atoms with Crippen molar-refractivity contribution in [2.75, 3.05) is 17.2 Å². The Labute approximate surface area is 149 Å². The van der Waals surface area contributed by atoms with E-state index in [-0.39, 0.29) is 11.7 Å². The van der Waals surface area contributed by atoms with Gasteiger partial charge in [0.1, 0.15) is 5.52 Å². The van der Waals surface area contributed by atoms with Gasteiger partial charge in [-0.3, -0.25) is 4.79 Å². The number of hydrogen-bond acceptors (Lipinski definition) is 4. The molecule has 0 radical (unpaired) electrons. The third-order valence-electron chi connectivity index (χ3n) is 3.67. The zero-order chi connectivity index (χ0) is 17.1. The zero-order valence-corrected chi connectivity index (χ0v) is 15.0. The molecule has 124 valence electrons. The smallest absolute Gasteiger partial charge is 0.257 e. The van der Waals surface area contributed by atoms with Crippen LogP contribution in [0.15, 0.2) is 52.1 Å². The van der Waals surface area contributed by atoms with E-state index in [9.17, 15) is 4.79 Å². The highest BCUT2D eigenvalue weighted by molar-refractivity contribution is 7.99. The third-order valence-corrected chi connectivity index (χ3v) is 4.72. The van der Waals surface area contributed by atoms with Gasteiger partial charge in [-0.15, -0.1) is 0 Å². The molecule has 6 heteroatoms. The number of hydrogen-bond donors (Lipinski definition) is 0. The number of fused-ring (bicyclic) bond motifs is 1. The molecule has 24 heavy (non-hydrogen) atoms. The number of oxazole rings is 1. The van der Waals surface area contributed by atoms with Gasteiger partial charge in [0.15, 0.2) is 5.58 Å². The molecule has 3 rings (SSSR count). The number of anilines is 1. The minimum Gasteiger partial charge on any atom is -0.431 e. The van der Waals surface area contributed by atoms with E-state index < -0.39 is 0 Å². The SMILES string of the molecule is CCN(C(=O)CSc1nc2ccc(Cl)cc2o1)c1ccccc1C. The van der Waals surface area contributed by atoms with Gasteiger partial charge in [0.25, 0.3) is 5.22 Å². The average Bonchev–Trinajstić information content (AvgIpc) is 2.97. The predicted octanol–water partition coefficient (Wildman–Crippen LogP) is 4.93. The highest BCUT2D eigenvalue weighted by atomic mass is 35.5. The molecule has 0 saturated heterocycles. The second-order valence-corrected chi connectivity index (χ2v) is 6.67. The molecule has 3 aromatic rings. The van der Waals surface area contributed by atoms with Crippen molar-refractivity contribution in [2.45, 2.75) is 19.1 Å². The predicted molar refractivity (Wildman–Crippen MR) is 98.9 cm³/mol. The van der Waals surface area contributed by atoms with Crippen molar-refractivity contribution in [3.8, 4) is 0 Å². The maximum atomic E-state index is 12.6. The van der Waals surface area contributed by atoms with E-state index in [0.717, 1.165) is 16.8 Å². The summed E-state index contributed by atoms with van der Waals surface area (Å²) >= 11 is 7.24. The van der Waals surface area contributed by atoms with Crippen molar-refractivity contribution >= 4 is 46.1 Å². The van der Waals surface area contributed by atoms with Gasteiger partial charge in [-0.1, -0.05) is 41.6 Å². The quantitative estimate of drug-likeness (QED) is 0.605. The Hall–Kier alpha value is -1.98. The summed E-state index contributed by atoms with van der Waals surface area (Å²) in [6.07, 6.45) is 0. The van der Waals surface area contributed by atoms with Gasteiger partial charge >= 0.3 is 0 Å². The Morgan fingerprint density at radius 3 is 2.83 bits per heavy atom. The number of nitrogens with zero attached hydrogens (tertiary/aromatic N) is 2. The van der Waals surface area contributed by atoms with E-state index in [2.05, 4.69) is 4.98 Å². The van der Waals surface area contributed by atoms with Crippen molar-refractivity contribution in [3.63, 3.8) is 0 Å². The number of carbonyl (C=O) groups is 1. The van der Waals surface area contributed by atoms with Crippen molar-refractivity contribution in [1.82, 2.24) is 4.98 Å². The highest BCUT2D eigenvalue weighted by Crippen LogP contribution is 2.27. The number of aromatic nitrogens is 1. The summed E-state index contributed by atoms with van der Waals surface area (Å²) in [5, 5.41) is 1.07. The second kappa shape index (κ2) is 7.28. The molecular weight excluding hydrogens is 344 g/mol. The number of benzene rings is 2. The fraction of sp³-hybridized carbons (Fsp3) is 0.222. The minimum absolute atomic E-state index is 0.0251. The second-order valence-electron chi connectivity index (χ2n) is 5.30. The van der Waals surface area contributed by atoms with E-state index >= 15 is 0 Å². The number of thioether (sulfide) groups is 1. The first kappa shape index (κ1) is 16.9. The number of para-hydroxylation sites is 1. The summed E-state index contributed by atoms with van der Waals surface area (Å²) in [6.45, 7) is 4.59. The molecule has 0 aliphatic heterocycles. The van der Waals surface area contributed by atoms with E-state index in [1.54, 1.807) is 23.1 Å². The van der Waals surface area contributed by atoms with Crippen LogP contribution >= 0.6 is 23.4 Å². The number of halogens is 1. The fourth-order valence-electron chi connectivity index (χ4n) is 2.49. The summed E-state index contributed by atoms with van der Waals surface area (Å²) in [5.41, 5.74) is 3.38. The van der Waals surface area contributed by atoms with Gasteiger partial charge in [-0.2, -0.15) is 0 Å². The fourth-order valence-corrected chi connectivity index (χ4v) is 3.36. The Morgan fingerprint density at radius 2 is 2.08 bits per heavy atom. The lowest BCUT2D eigenvalue weighted by molar-refractivity contribution is -0.116. The van der Waals surface area contributed by atoms with Crippen molar-refractivity contribution in [1.29, 1.82) is 0 Å². The molecule has 1 amide bonds. The molecule has 1 aromatic heterocycles. The van der Waals surface area contributed by atoms with Gasteiger partial charge < -0.3 is 9.32 Å². The molecule has 0 atom stereocenters. The molecule has 4 nitrogen and oxygen atoms in total. The summed E-state index contributed by atoms with van der Waals surface area (Å²) < 4.78 is 5.64. The molecule has 0 N–H and O–H groups in total. The molecule has 0 saturated carbocycles. The van der Waals surface area contributed by atoms with Crippen LogP contribution in [0, 0.1) is 6.92 Å². The first-order valence-electron chi connectivity index (χ1n) is 7.63. The normalized spacial score (nSPS) is 11.0. The molecule has 0 aliphatic rings. The Kier molecular flexibility index (Phi) is 5.11. The largest absolute Gasteiger partial charge is 0.431 e. The van der Waals surface area contributed by atoms with Gasteiger partial charge in [0.2, 0.25) is 5.91 Å². The van der Waals surface area contributed by atoms with E-state index in [1.807, 2.05) is 38.1 Å². The maximum absolute atomic E-state index is 12.6. The number of amides is 1. The number of rotatable bonds is 5. The van der Waals surface area contributed by atoms with Gasteiger partial charge in [-0.05, 0) is 37.6 Å². The monoisotopic (exact) mass is 360 g/mol. The molecule has 0 aliphatic carbocycles. The molecular formula is C18H17ClN2O2S. The lowest BCUT2D eigenvalue weighted by Gasteiger charge is -2.22. The van der Waals surface area contributed by atoms with E-state index in [4.69, 9.17) is 16.0 Å². The lowest BCUT2D eigenvalue weighted by Crippen LogP contribution is -2.32. The molecule has 0 fully saturated rings. The maximum Gasteiger partial charge on any atom is 0.257 e. The van der Waals surface area contributed by atoms with Crippen LogP contribution in [0.2, 0.25) is 5.02 Å². The minimum atomic E-state index is 0.0251. The van der Waals surface area contributed by atoms with Crippen LogP contribution < -0.4 is 4.90 Å². The lowest BCUT2D eigenvalue weighted by atomic mass is 10.2. The van der Waals surface area contributed by atoms with E-state index in [0.29, 0.717) is 22.4 Å². The van der Waals surface area contributed by atoms with Gasteiger partial charge in [-0.25, -0.2) is 4.98 Å². The van der Waals surface area contributed by atoms with Gasteiger partial charge in [0.05, 0.1) is 5.75 Å². The Bertz CT molecular complexity index is 878. The van der Waals surface area contributed by atoms with Crippen LogP contribution in [-0.2, 0) is 4.79 Å². The molecule has 1 heterocycles. The number of aryl methyl sites for hydroxylation is 1. The topological polar surface area (TPSA) is 46.3 Å². The first-order chi connectivity index (χ1) is 11.6. The molecule has 0 spiro atoms. The average molecular weight is 361 g/mol. The van der Waals surface area contributed by atoms with Crippen LogP contribution in [0.25, 0.3) is 11.1 Å². The van der Waals surface area contributed by atoms with Crippen molar-refractivity contribution < 1.29 is 9.21 Å². The highest BCUT2D eigenvalue weighted by Gasteiger charge is 2.17. The van der Waals surface area contributed by atoms with Crippen LogP contribution in [-0.4, -0.2) is 23.2 Å². The van der Waals surface area contributed by atoms with E-state index in [1.165, 1.54) is 11.8 Å². The zero-order valence-electron chi connectivity index (χ0n) is 13.5. The van der Waals surface area contributed by atoms with Crippen molar-refractivity contribution in [3.05, 3.63) is 53.1 Å². The summed E-state index contributed by atoms with van der Waals surface area (Å²) in [7, 11) is 0. The van der Waals surface area contributed by atoms with Crippen LogP contribution in [0.1, 0.15) is 12.5 Å². The van der Waals surface area contributed by atoms with Gasteiger partial charge in [0, 0.05) is 23.3 Å². The van der Waals surface area contributed by atoms with Crippen molar-refractivity contribution in [2.24, 2.45) is 0 Å². The van der Waals surface area contributed by atoms with Crippen LogP contribution in [0.5, 0.6) is 0 Å². The molecule has 2 aromatic carbocycles. The summed E-state index contributed by atoms with van der Waals surface area (Å²) in [5.74, 6) is 0.292. The summed E-state index contributed by atoms with van der Waals surface area (Å²) in [6, 6.07) is 13.2. The Balaban J connectivity index is 1.72. The first-order valence-corrected chi connectivity index (χ1v) is 8.99. The molecule has 0 bridgehead atoms. The third kappa shape index (κ3) is 3.57.